The molecule has 2 unspecified atom stereocenters. The van der Waals surface area contributed by atoms with Crippen molar-refractivity contribution in [3.8, 4) is 0 Å². The molecule has 0 radical (unpaired) electrons. The van der Waals surface area contributed by atoms with Crippen LogP contribution in [0.2, 0.25) is 0 Å². The first kappa shape index (κ1) is 12.2. The largest absolute Gasteiger partial charge is 0.381 e. The van der Waals surface area contributed by atoms with Crippen LogP contribution in [-0.2, 0) is 4.74 Å². The zero-order chi connectivity index (χ0) is 11.2. The van der Waals surface area contributed by atoms with Gasteiger partial charge in [0.1, 0.15) is 0 Å². The molecule has 0 aliphatic carbocycles. The summed E-state index contributed by atoms with van der Waals surface area (Å²) >= 11 is 1.87. The monoisotopic (exact) mass is 242 g/mol. The number of hydrogen-bond donors (Lipinski definition) is 1. The molecule has 2 saturated heterocycles. The Hall–Kier alpha value is -0.220. The van der Waals surface area contributed by atoms with Crippen molar-refractivity contribution < 1.29 is 4.74 Å². The number of aliphatic imine (C=N–C) groups is 1. The lowest BCUT2D eigenvalue weighted by Crippen LogP contribution is -2.37. The van der Waals surface area contributed by atoms with Gasteiger partial charge in [-0.2, -0.15) is 0 Å². The molecule has 1 N–H and O–H groups in total. The predicted octanol–water partition coefficient (Wildman–Crippen LogP) is 2.27. The van der Waals surface area contributed by atoms with E-state index < -0.39 is 0 Å². The van der Waals surface area contributed by atoms with Crippen LogP contribution in [0.3, 0.4) is 0 Å². The van der Waals surface area contributed by atoms with Crippen LogP contribution < -0.4 is 5.32 Å². The summed E-state index contributed by atoms with van der Waals surface area (Å²) in [5.74, 6) is 1.97. The van der Waals surface area contributed by atoms with E-state index >= 15 is 0 Å². The average molecular weight is 242 g/mol. The molecular weight excluding hydrogens is 220 g/mol. The number of amidine groups is 1. The number of ether oxygens (including phenoxy) is 1. The highest BCUT2D eigenvalue weighted by atomic mass is 32.2. The lowest BCUT2D eigenvalue weighted by atomic mass is 10.1. The van der Waals surface area contributed by atoms with Crippen LogP contribution in [0.4, 0.5) is 0 Å². The molecule has 16 heavy (non-hydrogen) atoms. The first-order chi connectivity index (χ1) is 7.88. The Balaban J connectivity index is 1.69. The molecule has 3 nitrogen and oxygen atoms in total. The van der Waals surface area contributed by atoms with Crippen molar-refractivity contribution in [1.82, 2.24) is 5.32 Å². The van der Waals surface area contributed by atoms with Gasteiger partial charge >= 0.3 is 0 Å². The maximum Gasteiger partial charge on any atom is 0.156 e. The Morgan fingerprint density at radius 2 is 2.44 bits per heavy atom. The first-order valence-corrected chi connectivity index (χ1v) is 7.38. The highest BCUT2D eigenvalue weighted by molar-refractivity contribution is 8.13. The molecule has 2 aliphatic heterocycles. The van der Waals surface area contributed by atoms with Crippen LogP contribution in [0.1, 0.15) is 32.6 Å². The summed E-state index contributed by atoms with van der Waals surface area (Å²) in [5.41, 5.74) is 0. The van der Waals surface area contributed by atoms with Gasteiger partial charge in [-0.15, -0.1) is 0 Å². The quantitative estimate of drug-likeness (QED) is 0.821. The van der Waals surface area contributed by atoms with E-state index in [1.54, 1.807) is 0 Å². The molecule has 4 heteroatoms. The predicted molar refractivity (Wildman–Crippen MR) is 70.1 cm³/mol. The van der Waals surface area contributed by atoms with E-state index in [0.29, 0.717) is 6.04 Å². The summed E-state index contributed by atoms with van der Waals surface area (Å²) in [6.07, 6.45) is 4.89. The number of rotatable bonds is 4. The van der Waals surface area contributed by atoms with Gasteiger partial charge < -0.3 is 10.1 Å². The van der Waals surface area contributed by atoms with Gasteiger partial charge in [0.05, 0.1) is 0 Å². The Morgan fingerprint density at radius 1 is 1.50 bits per heavy atom. The van der Waals surface area contributed by atoms with Gasteiger partial charge in [-0.3, -0.25) is 4.99 Å². The van der Waals surface area contributed by atoms with E-state index in [-0.39, 0.29) is 0 Å². The molecule has 92 valence electrons. The van der Waals surface area contributed by atoms with E-state index in [0.717, 1.165) is 30.8 Å². The molecule has 0 saturated carbocycles. The number of hydrogen-bond acceptors (Lipinski definition) is 3. The topological polar surface area (TPSA) is 33.6 Å². The maximum absolute atomic E-state index is 5.36. The molecular formula is C12H22N2OS. The minimum absolute atomic E-state index is 0.648. The van der Waals surface area contributed by atoms with Crippen LogP contribution in [0, 0.1) is 5.92 Å². The smallest absolute Gasteiger partial charge is 0.156 e. The van der Waals surface area contributed by atoms with E-state index in [9.17, 15) is 0 Å². The van der Waals surface area contributed by atoms with Crippen molar-refractivity contribution in [2.45, 2.75) is 38.6 Å². The van der Waals surface area contributed by atoms with Crippen molar-refractivity contribution in [3.63, 3.8) is 0 Å². The van der Waals surface area contributed by atoms with Gasteiger partial charge in [0, 0.05) is 31.6 Å². The van der Waals surface area contributed by atoms with Gasteiger partial charge in [-0.05, 0) is 31.6 Å². The Bertz CT molecular complexity index is 239. The second-order valence-corrected chi connectivity index (χ2v) is 5.68. The van der Waals surface area contributed by atoms with Crippen molar-refractivity contribution in [3.05, 3.63) is 0 Å². The van der Waals surface area contributed by atoms with Gasteiger partial charge in [0.15, 0.2) is 5.17 Å². The molecule has 2 rings (SSSR count). The zero-order valence-corrected chi connectivity index (χ0v) is 10.9. The summed E-state index contributed by atoms with van der Waals surface area (Å²) in [7, 11) is 0. The van der Waals surface area contributed by atoms with Crippen LogP contribution in [0.15, 0.2) is 4.99 Å². The third kappa shape index (κ3) is 3.67. The molecule has 2 atom stereocenters. The molecule has 0 spiro atoms. The summed E-state index contributed by atoms with van der Waals surface area (Å²) in [4.78, 5) is 4.66. The fourth-order valence-corrected chi connectivity index (χ4v) is 3.17. The molecule has 0 aromatic rings. The van der Waals surface area contributed by atoms with E-state index in [4.69, 9.17) is 4.74 Å². The van der Waals surface area contributed by atoms with Crippen molar-refractivity contribution in [1.29, 1.82) is 0 Å². The van der Waals surface area contributed by atoms with E-state index in [1.807, 2.05) is 11.8 Å². The standard InChI is InChI=1S/C12H22N2OS/c1-2-11-5-8-16-12(14-11)13-6-3-10-4-7-15-9-10/h10-11H,2-9H2,1H3,(H,13,14). The number of thioether (sulfide) groups is 1. The lowest BCUT2D eigenvalue weighted by molar-refractivity contribution is 0.184. The summed E-state index contributed by atoms with van der Waals surface area (Å²) in [6.45, 7) is 5.09. The molecule has 0 aromatic heterocycles. The zero-order valence-electron chi connectivity index (χ0n) is 10.1. The highest BCUT2D eigenvalue weighted by Gasteiger charge is 2.17. The van der Waals surface area contributed by atoms with Crippen molar-refractivity contribution >= 4 is 16.9 Å². The second-order valence-electron chi connectivity index (χ2n) is 4.59. The van der Waals surface area contributed by atoms with Gasteiger partial charge in [-0.1, -0.05) is 18.7 Å². The maximum atomic E-state index is 5.36. The summed E-state index contributed by atoms with van der Waals surface area (Å²) in [6, 6.07) is 0.648. The number of nitrogens with one attached hydrogen (secondary N) is 1. The fourth-order valence-electron chi connectivity index (χ4n) is 2.14. The molecule has 2 heterocycles. The van der Waals surface area contributed by atoms with Gasteiger partial charge in [0.2, 0.25) is 0 Å². The van der Waals surface area contributed by atoms with Crippen LogP contribution >= 0.6 is 11.8 Å². The van der Waals surface area contributed by atoms with E-state index in [2.05, 4.69) is 17.2 Å². The minimum Gasteiger partial charge on any atom is -0.381 e. The Morgan fingerprint density at radius 3 is 3.19 bits per heavy atom. The highest BCUT2D eigenvalue weighted by Crippen LogP contribution is 2.18. The molecule has 2 fully saturated rings. The molecule has 0 aromatic carbocycles. The molecule has 0 amide bonds. The van der Waals surface area contributed by atoms with Gasteiger partial charge in [-0.25, -0.2) is 0 Å². The van der Waals surface area contributed by atoms with Crippen molar-refractivity contribution in [2.75, 3.05) is 25.5 Å². The Labute approximate surface area is 102 Å². The molecule has 2 aliphatic rings. The third-order valence-corrected chi connectivity index (χ3v) is 4.30. The first-order valence-electron chi connectivity index (χ1n) is 6.40. The Kier molecular flexibility index (Phi) is 4.97. The number of nitrogens with zero attached hydrogens (tertiary/aromatic N) is 1. The summed E-state index contributed by atoms with van der Waals surface area (Å²) < 4.78 is 5.36. The van der Waals surface area contributed by atoms with Crippen LogP contribution in [0.5, 0.6) is 0 Å². The molecule has 0 bridgehead atoms. The van der Waals surface area contributed by atoms with Crippen molar-refractivity contribution in [2.24, 2.45) is 10.9 Å². The van der Waals surface area contributed by atoms with Gasteiger partial charge in [0.25, 0.3) is 0 Å². The second kappa shape index (κ2) is 6.50. The normalized spacial score (nSPS) is 32.9. The fraction of sp³-hybridized carbons (Fsp3) is 0.917. The van der Waals surface area contributed by atoms with Crippen LogP contribution in [0.25, 0.3) is 0 Å². The lowest BCUT2D eigenvalue weighted by Gasteiger charge is -2.24. The minimum atomic E-state index is 0.648. The third-order valence-electron chi connectivity index (χ3n) is 3.34. The van der Waals surface area contributed by atoms with Crippen LogP contribution in [-0.4, -0.2) is 36.7 Å². The SMILES string of the molecule is CCC1CCSC(=NCCC2CCOC2)N1. The van der Waals surface area contributed by atoms with E-state index in [1.165, 1.54) is 31.4 Å². The summed E-state index contributed by atoms with van der Waals surface area (Å²) in [5, 5.41) is 4.67. The average Bonchev–Trinajstić information content (AvgIpc) is 2.82.